The normalized spacial score (nSPS) is 9.16. The molecule has 0 amide bonds. The molecule has 0 atom stereocenters. The molecule has 0 aliphatic rings. The Morgan fingerprint density at radius 2 is 0.421 bits per heavy atom. The van der Waals surface area contributed by atoms with Crippen molar-refractivity contribution in [3.8, 4) is 0 Å². The Morgan fingerprint density at radius 1 is 0.421 bits per heavy atom. The fourth-order valence-corrected chi connectivity index (χ4v) is 0. The van der Waals surface area contributed by atoms with Crippen molar-refractivity contribution in [2.45, 2.75) is 0 Å². The van der Waals surface area contributed by atoms with Crippen LogP contribution in [0.4, 0.5) is 0 Å². The molecule has 0 aromatic carbocycles. The van der Waals surface area contributed by atoms with E-state index >= 15 is 0 Å². The van der Waals surface area contributed by atoms with Gasteiger partial charge in [-0.15, -0.1) is 0 Å². The Kier molecular flexibility index (Phi) is 40.0. The van der Waals surface area contributed by atoms with Crippen molar-refractivity contribution in [3.63, 3.8) is 0 Å². The first-order chi connectivity index (χ1) is 6.00. The van der Waals surface area contributed by atoms with Crippen LogP contribution in [0.1, 0.15) is 0 Å². The van der Waals surface area contributed by atoms with E-state index in [0.717, 1.165) is 0 Å². The number of hydrogen-bond donors (Lipinski definition) is 0. The van der Waals surface area contributed by atoms with Crippen LogP contribution in [-0.4, -0.2) is 52.6 Å². The molecule has 0 aliphatic heterocycles. The van der Waals surface area contributed by atoms with Gasteiger partial charge in [0.2, 0.25) is 0 Å². The van der Waals surface area contributed by atoms with Crippen LogP contribution in [0, 0.1) is 0 Å². The summed E-state index contributed by atoms with van der Waals surface area (Å²) in [7, 11) is -15.5. The number of rotatable bonds is 0. The van der Waals surface area contributed by atoms with Gasteiger partial charge in [-0.3, -0.25) is 25.3 Å². The van der Waals surface area contributed by atoms with Gasteiger partial charge in [0.25, 0.3) is 0 Å². The molecule has 0 bridgehead atoms. The van der Waals surface area contributed by atoms with E-state index in [-0.39, 0.29) is 68.3 Å². The van der Waals surface area contributed by atoms with Gasteiger partial charge in [-0.05, 0) is 0 Å². The molecule has 19 heavy (non-hydrogen) atoms. The molecular weight excluding hydrogens is 527 g/mol. The third-order valence-corrected chi connectivity index (χ3v) is 0. The topological polar surface area (TPSA) is 241 Å². The Labute approximate surface area is 151 Å². The molecule has 0 aliphatic carbocycles. The van der Waals surface area contributed by atoms with Crippen molar-refractivity contribution in [1.82, 2.24) is 0 Å². The summed E-state index contributed by atoms with van der Waals surface area (Å²) in [5.74, 6) is 0. The fraction of sp³-hybridized carbons (Fsp3) is 0. The van der Waals surface area contributed by atoms with Crippen LogP contribution in [0.3, 0.4) is 0 Å². The first-order valence-electron chi connectivity index (χ1n) is 2.00. The van der Waals surface area contributed by atoms with Crippen molar-refractivity contribution < 1.29 is 121 Å². The summed E-state index contributed by atoms with van der Waals surface area (Å²) in [5, 5.41) is 0. The van der Waals surface area contributed by atoms with E-state index in [1.807, 2.05) is 0 Å². The number of hydrogen-bond acceptors (Lipinski definition) is 12. The van der Waals surface area contributed by atoms with E-state index in [0.29, 0.717) is 0 Å². The predicted octanol–water partition coefficient (Wildman–Crippen LogP) is -4.02. The van der Waals surface area contributed by atoms with E-state index in [4.69, 9.17) is 52.6 Å². The molecule has 12 nitrogen and oxygen atoms in total. The Morgan fingerprint density at radius 3 is 0.421 bits per heavy atom. The summed E-state index contributed by atoms with van der Waals surface area (Å²) in [4.78, 5) is 0. The van der Waals surface area contributed by atoms with Crippen LogP contribution < -0.4 is 0 Å². The predicted molar refractivity (Wildman–Crippen MR) is 31.4 cm³/mol. The second kappa shape index (κ2) is 17.7. The zero-order chi connectivity index (χ0) is 13.5. The van der Waals surface area contributed by atoms with Crippen LogP contribution in [-0.2, 0) is 99.5 Å². The van der Waals surface area contributed by atoms with Gasteiger partial charge in [0.1, 0.15) is 0 Å². The van der Waals surface area contributed by atoms with Crippen LogP contribution in [0.15, 0.2) is 0 Å². The first kappa shape index (κ1) is 42.8. The third-order valence-electron chi connectivity index (χ3n) is 0. The van der Waals surface area contributed by atoms with E-state index in [9.17, 15) is 0 Å². The summed E-state index contributed by atoms with van der Waals surface area (Å²) >= 11 is 0. The first-order valence-corrected chi connectivity index (χ1v) is 6.00. The molecule has 0 spiro atoms. The van der Waals surface area contributed by atoms with Crippen molar-refractivity contribution >= 4 is 31.2 Å². The monoisotopic (exact) mass is 526 g/mol. The maximum absolute atomic E-state index is 8.52. The van der Waals surface area contributed by atoms with Gasteiger partial charge < -0.3 is 27.3 Å². The van der Waals surface area contributed by atoms with Gasteiger partial charge in [-0.1, -0.05) is 0 Å². The van der Waals surface area contributed by atoms with Crippen molar-refractivity contribution in [2.24, 2.45) is 0 Å². The van der Waals surface area contributed by atoms with Gasteiger partial charge in [-0.2, -0.15) is 0 Å². The van der Waals surface area contributed by atoms with Gasteiger partial charge in [0.15, 0.2) is 0 Å². The van der Waals surface area contributed by atoms with Crippen molar-refractivity contribution in [2.75, 3.05) is 0 Å². The molecule has 0 saturated heterocycles. The molecule has 0 fully saturated rings. The van der Waals surface area contributed by atoms with Crippen LogP contribution in [0.2, 0.25) is 0 Å². The van der Waals surface area contributed by atoms with E-state index < -0.39 is 31.2 Å². The zero-order valence-corrected chi connectivity index (χ0v) is 14.0. The standard InChI is InChI=1S/2Cu.2Fe.3H2O4S/c;;;;3*1-5(2,3)4/h;;;;3*(H2,1,2,3,4)/q;;2*+3;;;/p-6. The minimum atomic E-state index is -5.17. The zero-order valence-electron chi connectivity index (χ0n) is 7.43. The fourth-order valence-electron chi connectivity index (χ4n) is 0. The smallest absolute Gasteiger partial charge is 0.759 e. The molecule has 19 heteroatoms. The molecule has 0 saturated carbocycles. The molecular formula is Cu2Fe2O12S3. The van der Waals surface area contributed by atoms with Crippen molar-refractivity contribution in [1.29, 1.82) is 0 Å². The van der Waals surface area contributed by atoms with E-state index in [2.05, 4.69) is 0 Å². The average Bonchev–Trinajstić information content (AvgIpc) is 1.41. The molecule has 0 unspecified atom stereocenters. The van der Waals surface area contributed by atoms with Crippen LogP contribution in [0.25, 0.3) is 0 Å². The SMILES string of the molecule is O=S(=O)([O-])[O-].O=S(=O)([O-])[O-].O=S(=O)([O-])[O-].[Cu].[Cu].[Fe+3].[Fe+3]. The second-order valence-corrected chi connectivity index (χ2v) is 3.67. The molecule has 0 N–H and O–H groups in total. The Hall–Kier alpha value is 1.69. The summed E-state index contributed by atoms with van der Waals surface area (Å²) in [5.41, 5.74) is 0. The van der Waals surface area contributed by atoms with Crippen LogP contribution >= 0.6 is 0 Å². The summed E-state index contributed by atoms with van der Waals surface area (Å²) in [6.07, 6.45) is 0. The van der Waals surface area contributed by atoms with E-state index in [1.54, 1.807) is 0 Å². The van der Waals surface area contributed by atoms with Gasteiger partial charge in [0.05, 0.1) is 0 Å². The van der Waals surface area contributed by atoms with Crippen molar-refractivity contribution in [3.05, 3.63) is 0 Å². The molecule has 4 radical (unpaired) electrons. The van der Waals surface area contributed by atoms with Gasteiger partial charge in [-0.25, -0.2) is 0 Å². The van der Waals surface area contributed by atoms with Gasteiger partial charge >= 0.3 is 34.1 Å². The van der Waals surface area contributed by atoms with Gasteiger partial charge in [0, 0.05) is 65.3 Å². The molecule has 0 aromatic rings. The van der Waals surface area contributed by atoms with Crippen LogP contribution in [0.5, 0.6) is 0 Å². The summed E-state index contributed by atoms with van der Waals surface area (Å²) < 4.78 is 102. The largest absolute Gasteiger partial charge is 3.00 e. The quantitative estimate of drug-likeness (QED) is 0.166. The molecule has 0 rings (SSSR count). The molecule has 128 valence electrons. The maximum atomic E-state index is 8.52. The summed E-state index contributed by atoms with van der Waals surface area (Å²) in [6, 6.07) is 0. The average molecular weight is 527 g/mol. The second-order valence-electron chi connectivity index (χ2n) is 1.22. The minimum Gasteiger partial charge on any atom is -0.759 e. The molecule has 0 heterocycles. The Balaban J connectivity index is -0.0000000206. The maximum Gasteiger partial charge on any atom is 3.00 e. The Bertz CT molecular complexity index is 350. The minimum absolute atomic E-state index is 0. The third kappa shape index (κ3) is 2160. The summed E-state index contributed by atoms with van der Waals surface area (Å²) in [6.45, 7) is 0. The molecule has 0 aromatic heterocycles. The van der Waals surface area contributed by atoms with E-state index in [1.165, 1.54) is 0 Å².